The molecule has 7 unspecified atom stereocenters. The molecule has 9 heteroatoms. The molecule has 0 aromatic rings. The molecule has 220 valence electrons. The minimum atomic E-state index is -0.831. The standard InChI is InChI=1S/C28H56N2O7/c1-20(15-35-26(6,7)23(33)13-29-11-21(29)2)10-28(16-31,17-32)19-36-25(4,5)18-37-27(8,9)24(34)14-30-12-22(30)3/h20-24,31-34H,10-19H2,1-9H3. The molecule has 2 rings (SSSR count). The van der Waals surface area contributed by atoms with Crippen molar-refractivity contribution >= 4 is 0 Å². The van der Waals surface area contributed by atoms with Gasteiger partial charge in [0.25, 0.3) is 0 Å². The van der Waals surface area contributed by atoms with Gasteiger partial charge < -0.3 is 34.6 Å². The van der Waals surface area contributed by atoms with E-state index < -0.39 is 34.4 Å². The van der Waals surface area contributed by atoms with Crippen LogP contribution in [0.1, 0.15) is 68.7 Å². The lowest BCUT2D eigenvalue weighted by atomic mass is 9.81. The highest BCUT2D eigenvalue weighted by atomic mass is 16.6. The Bertz CT molecular complexity index is 698. The normalized spacial score (nSPS) is 27.2. The lowest BCUT2D eigenvalue weighted by Crippen LogP contribution is -2.48. The predicted molar refractivity (Wildman–Crippen MR) is 145 cm³/mol. The maximum Gasteiger partial charge on any atom is 0.0951 e. The monoisotopic (exact) mass is 532 g/mol. The molecule has 2 heterocycles. The average Bonchev–Trinajstić information content (AvgIpc) is 3.72. The fourth-order valence-electron chi connectivity index (χ4n) is 4.40. The van der Waals surface area contributed by atoms with Crippen molar-refractivity contribution in [1.82, 2.24) is 9.80 Å². The second-order valence-corrected chi connectivity index (χ2v) is 13.6. The van der Waals surface area contributed by atoms with Crippen molar-refractivity contribution in [2.75, 3.05) is 59.2 Å². The van der Waals surface area contributed by atoms with E-state index in [1.165, 1.54) is 0 Å². The number of rotatable bonds is 19. The van der Waals surface area contributed by atoms with Gasteiger partial charge >= 0.3 is 0 Å². The van der Waals surface area contributed by atoms with Gasteiger partial charge in [-0.25, -0.2) is 0 Å². The van der Waals surface area contributed by atoms with Crippen LogP contribution in [0.5, 0.6) is 0 Å². The van der Waals surface area contributed by atoms with E-state index in [-0.39, 0.29) is 32.3 Å². The summed E-state index contributed by atoms with van der Waals surface area (Å²) < 4.78 is 18.4. The highest BCUT2D eigenvalue weighted by Gasteiger charge is 2.40. The van der Waals surface area contributed by atoms with Crippen molar-refractivity contribution in [3.05, 3.63) is 0 Å². The summed E-state index contributed by atoms with van der Waals surface area (Å²) in [6.45, 7) is 21.3. The maximum absolute atomic E-state index is 10.6. The van der Waals surface area contributed by atoms with Gasteiger partial charge in [0.15, 0.2) is 0 Å². The summed E-state index contributed by atoms with van der Waals surface area (Å²) in [7, 11) is 0. The van der Waals surface area contributed by atoms with E-state index in [0.717, 1.165) is 13.1 Å². The molecule has 0 radical (unpaired) electrons. The molecule has 9 nitrogen and oxygen atoms in total. The largest absolute Gasteiger partial charge is 0.396 e. The average molecular weight is 533 g/mol. The van der Waals surface area contributed by atoms with E-state index in [4.69, 9.17) is 14.2 Å². The minimum absolute atomic E-state index is 0.0304. The molecule has 37 heavy (non-hydrogen) atoms. The van der Waals surface area contributed by atoms with Crippen LogP contribution in [0.4, 0.5) is 0 Å². The van der Waals surface area contributed by atoms with Crippen LogP contribution in [0, 0.1) is 11.3 Å². The number of nitrogens with zero attached hydrogens (tertiary/aromatic N) is 2. The van der Waals surface area contributed by atoms with Gasteiger partial charge in [0.05, 0.1) is 62.0 Å². The van der Waals surface area contributed by atoms with Crippen LogP contribution in [-0.4, -0.2) is 131 Å². The predicted octanol–water partition coefficient (Wildman–Crippen LogP) is 1.50. The first kappa shape index (κ1) is 32.8. The Morgan fingerprint density at radius 2 is 1.19 bits per heavy atom. The second-order valence-electron chi connectivity index (χ2n) is 13.6. The van der Waals surface area contributed by atoms with Crippen molar-refractivity contribution in [2.24, 2.45) is 11.3 Å². The Balaban J connectivity index is 1.82. The summed E-state index contributed by atoms with van der Waals surface area (Å²) in [5.74, 6) is 0.0304. The van der Waals surface area contributed by atoms with Crippen molar-refractivity contribution in [2.45, 2.75) is 110 Å². The first-order valence-electron chi connectivity index (χ1n) is 13.9. The third-order valence-corrected chi connectivity index (χ3v) is 8.15. The van der Waals surface area contributed by atoms with Gasteiger partial charge in [-0.3, -0.25) is 9.80 Å². The lowest BCUT2D eigenvalue weighted by molar-refractivity contribution is -0.173. The zero-order valence-electron chi connectivity index (χ0n) is 24.9. The highest BCUT2D eigenvalue weighted by Crippen LogP contribution is 2.31. The molecule has 2 fully saturated rings. The van der Waals surface area contributed by atoms with E-state index in [9.17, 15) is 20.4 Å². The van der Waals surface area contributed by atoms with Gasteiger partial charge in [0.1, 0.15) is 0 Å². The van der Waals surface area contributed by atoms with E-state index >= 15 is 0 Å². The fourth-order valence-corrected chi connectivity index (χ4v) is 4.40. The molecule has 0 aromatic carbocycles. The number of aliphatic hydroxyl groups is 4. The van der Waals surface area contributed by atoms with E-state index in [1.54, 1.807) is 0 Å². The van der Waals surface area contributed by atoms with Crippen LogP contribution in [0.2, 0.25) is 0 Å². The van der Waals surface area contributed by atoms with Crippen LogP contribution in [0.3, 0.4) is 0 Å². The van der Waals surface area contributed by atoms with Crippen molar-refractivity contribution in [3.8, 4) is 0 Å². The zero-order chi connectivity index (χ0) is 28.2. The number of hydrogen-bond acceptors (Lipinski definition) is 9. The first-order valence-corrected chi connectivity index (χ1v) is 13.9. The molecule has 0 bridgehead atoms. The van der Waals surface area contributed by atoms with Gasteiger partial charge in [-0.15, -0.1) is 0 Å². The van der Waals surface area contributed by atoms with Crippen molar-refractivity contribution in [3.63, 3.8) is 0 Å². The number of hydrogen-bond donors (Lipinski definition) is 4. The van der Waals surface area contributed by atoms with Gasteiger partial charge in [-0.05, 0) is 67.7 Å². The topological polar surface area (TPSA) is 115 Å². The Morgan fingerprint density at radius 3 is 1.59 bits per heavy atom. The zero-order valence-corrected chi connectivity index (χ0v) is 24.9. The van der Waals surface area contributed by atoms with Crippen LogP contribution < -0.4 is 0 Å². The van der Waals surface area contributed by atoms with Gasteiger partial charge in [-0.1, -0.05) is 6.92 Å². The quantitative estimate of drug-likeness (QED) is 0.184. The molecule has 0 aliphatic carbocycles. The smallest absolute Gasteiger partial charge is 0.0951 e. The van der Waals surface area contributed by atoms with Gasteiger partial charge in [-0.2, -0.15) is 0 Å². The molecule has 2 aliphatic heterocycles. The number of aliphatic hydroxyl groups excluding tert-OH is 4. The molecule has 4 N–H and O–H groups in total. The second kappa shape index (κ2) is 12.9. The van der Waals surface area contributed by atoms with Gasteiger partial charge in [0, 0.05) is 43.7 Å². The van der Waals surface area contributed by atoms with Gasteiger partial charge in [0.2, 0.25) is 0 Å². The Morgan fingerprint density at radius 1 is 0.757 bits per heavy atom. The Kier molecular flexibility index (Phi) is 11.4. The van der Waals surface area contributed by atoms with Crippen molar-refractivity contribution < 1.29 is 34.6 Å². The molecular weight excluding hydrogens is 476 g/mol. The number of ether oxygens (including phenoxy) is 3. The Labute approximate surface area is 225 Å². The van der Waals surface area contributed by atoms with E-state index in [2.05, 4.69) is 23.6 Å². The summed E-state index contributed by atoms with van der Waals surface area (Å²) in [5.41, 5.74) is -2.94. The molecule has 0 saturated carbocycles. The summed E-state index contributed by atoms with van der Waals surface area (Å²) in [5, 5.41) is 41.7. The molecule has 2 saturated heterocycles. The lowest BCUT2D eigenvalue weighted by Gasteiger charge is -2.39. The SMILES string of the molecule is CC(COC(C)(C)C(O)CN1CC1C)CC(CO)(CO)COC(C)(C)COC(C)(C)C(O)CN1CC1C. The molecule has 0 spiro atoms. The third-order valence-electron chi connectivity index (χ3n) is 8.15. The first-order chi connectivity index (χ1) is 17.0. The maximum atomic E-state index is 10.6. The van der Waals surface area contributed by atoms with Crippen LogP contribution in [0.15, 0.2) is 0 Å². The molecule has 0 amide bonds. The highest BCUT2D eigenvalue weighted by molar-refractivity contribution is 4.93. The molecular formula is C28H56N2O7. The number of β-amino-alcohol motifs (C(OH)–C–C–N with tert-alkyl or cyclic N) is 2. The summed E-state index contributed by atoms with van der Waals surface area (Å²) in [6, 6.07) is 1.04. The summed E-state index contributed by atoms with van der Waals surface area (Å²) in [4.78, 5) is 4.41. The minimum Gasteiger partial charge on any atom is -0.396 e. The molecule has 2 aliphatic rings. The Hall–Kier alpha value is -0.360. The van der Waals surface area contributed by atoms with E-state index in [0.29, 0.717) is 38.2 Å². The van der Waals surface area contributed by atoms with Crippen LogP contribution >= 0.6 is 0 Å². The summed E-state index contributed by atoms with van der Waals surface area (Å²) in [6.07, 6.45) is -0.706. The third kappa shape index (κ3) is 10.3. The van der Waals surface area contributed by atoms with E-state index in [1.807, 2.05) is 48.5 Å². The van der Waals surface area contributed by atoms with Crippen LogP contribution in [0.25, 0.3) is 0 Å². The summed E-state index contributed by atoms with van der Waals surface area (Å²) >= 11 is 0. The van der Waals surface area contributed by atoms with Crippen LogP contribution in [-0.2, 0) is 14.2 Å². The molecule has 7 atom stereocenters. The van der Waals surface area contributed by atoms with Crippen molar-refractivity contribution in [1.29, 1.82) is 0 Å². The fraction of sp³-hybridized carbons (Fsp3) is 1.00. The molecule has 0 aromatic heterocycles.